The van der Waals surface area contributed by atoms with Crippen molar-refractivity contribution in [2.75, 3.05) is 13.7 Å². The quantitative estimate of drug-likeness (QED) is 0.685. The smallest absolute Gasteiger partial charge is 0.109 e. The summed E-state index contributed by atoms with van der Waals surface area (Å²) in [6, 6.07) is 0. The third-order valence-electron chi connectivity index (χ3n) is 7.03. The molecule has 25 heavy (non-hydrogen) atoms. The lowest BCUT2D eigenvalue weighted by atomic mass is 9.79. The predicted molar refractivity (Wildman–Crippen MR) is 97.9 cm³/mol. The first kappa shape index (κ1) is 19.1. The predicted octanol–water partition coefficient (Wildman–Crippen LogP) is 2.68. The van der Waals surface area contributed by atoms with E-state index in [0.717, 1.165) is 17.6 Å². The highest BCUT2D eigenvalue weighted by molar-refractivity contribution is 5.38. The topological polar surface area (TPSA) is 69.9 Å². The van der Waals surface area contributed by atoms with Gasteiger partial charge in [-0.1, -0.05) is 39.3 Å². The van der Waals surface area contributed by atoms with E-state index in [-0.39, 0.29) is 36.2 Å². The lowest BCUT2D eigenvalue weighted by molar-refractivity contribution is -0.000521. The van der Waals surface area contributed by atoms with Crippen LogP contribution in [0.4, 0.5) is 0 Å². The summed E-state index contributed by atoms with van der Waals surface area (Å²) in [5.74, 6) is 0.658. The van der Waals surface area contributed by atoms with E-state index in [2.05, 4.69) is 33.8 Å². The normalized spacial score (nSPS) is 46.5. The van der Waals surface area contributed by atoms with E-state index < -0.39 is 17.8 Å². The molecular formula is C21H34O4. The Balaban J connectivity index is 2.10. The van der Waals surface area contributed by atoms with Crippen molar-refractivity contribution in [1.82, 2.24) is 0 Å². The lowest BCUT2D eigenvalue weighted by Crippen LogP contribution is -2.36. The molecule has 142 valence electrons. The number of aliphatic hydroxyl groups is 3. The van der Waals surface area contributed by atoms with Crippen LogP contribution < -0.4 is 0 Å². The largest absolute Gasteiger partial charge is 0.392 e. The maximum atomic E-state index is 11.2. The van der Waals surface area contributed by atoms with Gasteiger partial charge in [0.05, 0.1) is 18.8 Å². The van der Waals surface area contributed by atoms with Crippen LogP contribution in [-0.4, -0.2) is 46.8 Å². The summed E-state index contributed by atoms with van der Waals surface area (Å²) in [5, 5.41) is 33.1. The van der Waals surface area contributed by atoms with Gasteiger partial charge in [-0.15, -0.1) is 0 Å². The number of hydrogen-bond donors (Lipinski definition) is 3. The van der Waals surface area contributed by atoms with E-state index in [1.54, 1.807) is 7.11 Å². The molecule has 4 heteroatoms. The zero-order valence-corrected chi connectivity index (χ0v) is 16.2. The highest BCUT2D eigenvalue weighted by atomic mass is 16.5. The van der Waals surface area contributed by atoms with Gasteiger partial charge in [0.15, 0.2) is 0 Å². The summed E-state index contributed by atoms with van der Waals surface area (Å²) in [5.41, 5.74) is 2.31. The summed E-state index contributed by atoms with van der Waals surface area (Å²) in [4.78, 5) is 0. The minimum absolute atomic E-state index is 0.0242. The molecule has 2 unspecified atom stereocenters. The number of ether oxygens (including phenoxy) is 1. The second-order valence-corrected chi connectivity index (χ2v) is 8.81. The fraction of sp³-hybridized carbons (Fsp3) is 0.810. The second-order valence-electron chi connectivity index (χ2n) is 8.81. The number of rotatable bonds is 3. The highest BCUT2D eigenvalue weighted by Crippen LogP contribution is 2.51. The van der Waals surface area contributed by atoms with Crippen molar-refractivity contribution in [2.24, 2.45) is 29.6 Å². The summed E-state index contributed by atoms with van der Waals surface area (Å²) in [6.45, 7) is 8.74. The van der Waals surface area contributed by atoms with Gasteiger partial charge in [-0.3, -0.25) is 0 Å². The third-order valence-corrected chi connectivity index (χ3v) is 7.03. The fourth-order valence-electron chi connectivity index (χ4n) is 5.56. The molecule has 0 aliphatic heterocycles. The molecule has 4 nitrogen and oxygen atoms in total. The SMILES string of the molecule is COC[C@@]1(O)CC[C@@H]2/C1=C\C1[C@H](C)C(=C(C(C)C)[C@@H]1O)CC(O)[C@@H]2C. The van der Waals surface area contributed by atoms with Crippen LogP contribution in [0.25, 0.3) is 0 Å². The average Bonchev–Trinajstić information content (AvgIpc) is 2.97. The van der Waals surface area contributed by atoms with Crippen LogP contribution in [0.15, 0.2) is 22.8 Å². The van der Waals surface area contributed by atoms with Gasteiger partial charge in [0.1, 0.15) is 5.60 Å². The highest BCUT2D eigenvalue weighted by Gasteiger charge is 2.49. The Morgan fingerprint density at radius 2 is 1.96 bits per heavy atom. The van der Waals surface area contributed by atoms with E-state index in [4.69, 9.17) is 4.74 Å². The van der Waals surface area contributed by atoms with Gasteiger partial charge >= 0.3 is 0 Å². The maximum absolute atomic E-state index is 11.2. The number of fused-ring (bicyclic) bond motifs is 3. The molecular weight excluding hydrogens is 316 g/mol. The van der Waals surface area contributed by atoms with Crippen molar-refractivity contribution in [3.05, 3.63) is 22.8 Å². The Morgan fingerprint density at radius 1 is 1.28 bits per heavy atom. The van der Waals surface area contributed by atoms with Crippen molar-refractivity contribution in [2.45, 2.75) is 64.8 Å². The van der Waals surface area contributed by atoms with Crippen LogP contribution in [0.5, 0.6) is 0 Å². The summed E-state index contributed by atoms with van der Waals surface area (Å²) in [7, 11) is 1.61. The van der Waals surface area contributed by atoms with Crippen LogP contribution in [0.2, 0.25) is 0 Å². The summed E-state index contributed by atoms with van der Waals surface area (Å²) < 4.78 is 5.31. The van der Waals surface area contributed by atoms with Gasteiger partial charge in [-0.2, -0.15) is 0 Å². The van der Waals surface area contributed by atoms with Gasteiger partial charge < -0.3 is 20.1 Å². The molecule has 3 N–H and O–H groups in total. The molecule has 0 aromatic rings. The van der Waals surface area contributed by atoms with Crippen molar-refractivity contribution < 1.29 is 20.1 Å². The van der Waals surface area contributed by atoms with Crippen molar-refractivity contribution in [3.63, 3.8) is 0 Å². The van der Waals surface area contributed by atoms with Crippen LogP contribution in [0, 0.1) is 29.6 Å². The lowest BCUT2D eigenvalue weighted by Gasteiger charge is -2.32. The molecule has 2 bridgehead atoms. The minimum atomic E-state index is -0.974. The van der Waals surface area contributed by atoms with E-state index in [1.165, 1.54) is 5.57 Å². The van der Waals surface area contributed by atoms with Gasteiger partial charge in [0.2, 0.25) is 0 Å². The molecule has 0 aromatic carbocycles. The van der Waals surface area contributed by atoms with E-state index >= 15 is 0 Å². The van der Waals surface area contributed by atoms with Crippen LogP contribution >= 0.6 is 0 Å². The Kier molecular flexibility index (Phi) is 5.20. The zero-order chi connectivity index (χ0) is 18.5. The van der Waals surface area contributed by atoms with Gasteiger partial charge in [-0.05, 0) is 54.1 Å². The fourth-order valence-corrected chi connectivity index (χ4v) is 5.56. The number of aliphatic hydroxyl groups excluding tert-OH is 2. The molecule has 0 amide bonds. The molecule has 1 fully saturated rings. The van der Waals surface area contributed by atoms with Crippen LogP contribution in [0.3, 0.4) is 0 Å². The second kappa shape index (κ2) is 6.80. The molecule has 3 aliphatic carbocycles. The molecule has 0 spiro atoms. The van der Waals surface area contributed by atoms with Gasteiger partial charge in [0, 0.05) is 13.0 Å². The molecule has 0 radical (unpaired) electrons. The molecule has 1 saturated carbocycles. The minimum Gasteiger partial charge on any atom is -0.392 e. The average molecular weight is 350 g/mol. The molecule has 0 aromatic heterocycles. The van der Waals surface area contributed by atoms with Crippen molar-refractivity contribution in [3.8, 4) is 0 Å². The standard InChI is InChI=1S/C21H34O4/c1-11(2)19-15-9-18(22)13(4)14-6-7-21(24,10-25-5)17(14)8-16(12(15)3)20(19)23/h8,11-14,16,18,20,22-24H,6-7,9-10H2,1-5H3/b17-8+/t12-,13-,14+,16?,18?,20-,21+/m1/s1. The Bertz CT molecular complexity index is 578. The maximum Gasteiger partial charge on any atom is 0.109 e. The molecule has 7 atom stereocenters. The molecule has 3 rings (SSSR count). The third kappa shape index (κ3) is 3.01. The van der Waals surface area contributed by atoms with Gasteiger partial charge in [0.25, 0.3) is 0 Å². The van der Waals surface area contributed by atoms with Crippen molar-refractivity contribution in [1.29, 1.82) is 0 Å². The van der Waals surface area contributed by atoms with E-state index in [1.807, 2.05) is 0 Å². The van der Waals surface area contributed by atoms with Gasteiger partial charge in [-0.25, -0.2) is 0 Å². The number of methoxy groups -OCH3 is 1. The first-order valence-electron chi connectivity index (χ1n) is 9.73. The van der Waals surface area contributed by atoms with Crippen LogP contribution in [-0.2, 0) is 4.74 Å². The molecule has 3 aliphatic rings. The summed E-state index contributed by atoms with van der Waals surface area (Å²) >= 11 is 0. The Labute approximate surface area is 151 Å². The van der Waals surface area contributed by atoms with Crippen LogP contribution in [0.1, 0.15) is 47.0 Å². The van der Waals surface area contributed by atoms with Crippen molar-refractivity contribution >= 4 is 0 Å². The number of hydrogen-bond acceptors (Lipinski definition) is 4. The first-order valence-corrected chi connectivity index (χ1v) is 9.73. The molecule has 0 heterocycles. The monoisotopic (exact) mass is 350 g/mol. The van der Waals surface area contributed by atoms with E-state index in [0.29, 0.717) is 12.8 Å². The summed E-state index contributed by atoms with van der Waals surface area (Å²) in [6.07, 6.45) is 3.31. The first-order chi connectivity index (χ1) is 11.7. The van der Waals surface area contributed by atoms with E-state index in [9.17, 15) is 15.3 Å². The zero-order valence-electron chi connectivity index (χ0n) is 16.2. The Morgan fingerprint density at radius 3 is 2.56 bits per heavy atom. The Hall–Kier alpha value is -0.680. The molecule has 0 saturated heterocycles.